The molecule has 0 atom stereocenters. The zero-order valence-electron chi connectivity index (χ0n) is 20.5. The predicted molar refractivity (Wildman–Crippen MR) is 126 cm³/mol. The van der Waals surface area contributed by atoms with Gasteiger partial charge in [-0.2, -0.15) is 26.9 Å². The van der Waals surface area contributed by atoms with Crippen molar-refractivity contribution in [3.8, 4) is 0 Å². The number of carbonyl (C=O) groups is 2. The number of Topliss-reactive ketones (excluding diaryl/α,β-unsaturated/α-hetero) is 1. The van der Waals surface area contributed by atoms with E-state index in [-0.39, 0.29) is 0 Å². The lowest BCUT2D eigenvalue weighted by atomic mass is 10.3. The van der Waals surface area contributed by atoms with Crippen molar-refractivity contribution in [2.24, 2.45) is 0 Å². The summed E-state index contributed by atoms with van der Waals surface area (Å²) in [6, 6.07) is 11.9. The van der Waals surface area contributed by atoms with Gasteiger partial charge in [-0.15, -0.1) is 0 Å². The molecule has 3 aromatic heterocycles. The highest BCUT2D eigenvalue weighted by Crippen LogP contribution is 2.22. The Hall–Kier alpha value is -3.74. The number of pyridine rings is 3. The molecule has 3 aromatic rings. The summed E-state index contributed by atoms with van der Waals surface area (Å²) in [7, 11) is 6.30. The molecular formula is C23H27F5N5O3+. The normalized spacial score (nSPS) is 11.5. The number of halogens is 5. The first-order valence-corrected chi connectivity index (χ1v) is 10.3. The van der Waals surface area contributed by atoms with Gasteiger partial charge in [0.15, 0.2) is 0 Å². The molecule has 2 N–H and O–H groups in total. The fourth-order valence-corrected chi connectivity index (χ4v) is 2.21. The number of quaternary nitrogens is 1. The first-order valence-electron chi connectivity index (χ1n) is 10.3. The number of aryl methyl sites for hydroxylation is 1. The standard InChI is InChI=1S/C17H20N5.C3H3F3O.C3H4F2O2/c1-12-11-13(9-10-18-12)19-16-7-5-15-14(20-16)6-8-17(21-15)22(2,3)4;1-2(7)3(4,5)6;1-3(4,5)2(6)7/h5-11H,1-4H3,(H,18,19,20);1H3;1H3,(H,6,7)/q+1;;. The highest BCUT2D eigenvalue weighted by Gasteiger charge is 2.33. The summed E-state index contributed by atoms with van der Waals surface area (Å²) in [5.74, 6) is -5.61. The number of carboxylic acids is 1. The third kappa shape index (κ3) is 10.3. The minimum absolute atomic E-state index is 0.329. The number of carboxylic acid groups (broad SMARTS) is 1. The Labute approximate surface area is 204 Å². The molecule has 0 aliphatic rings. The third-order valence-electron chi connectivity index (χ3n) is 4.16. The summed E-state index contributed by atoms with van der Waals surface area (Å²) >= 11 is 0. The number of anilines is 2. The van der Waals surface area contributed by atoms with Crippen molar-refractivity contribution in [3.63, 3.8) is 0 Å². The van der Waals surface area contributed by atoms with Gasteiger partial charge in [-0.1, -0.05) is 0 Å². The van der Waals surface area contributed by atoms with E-state index < -0.39 is 23.9 Å². The van der Waals surface area contributed by atoms with E-state index in [4.69, 9.17) is 5.11 Å². The minimum Gasteiger partial charge on any atom is -0.477 e. The molecule has 13 heteroatoms. The fourth-order valence-electron chi connectivity index (χ4n) is 2.21. The van der Waals surface area contributed by atoms with Crippen LogP contribution in [0.3, 0.4) is 0 Å². The summed E-state index contributed by atoms with van der Waals surface area (Å²) in [6.07, 6.45) is -2.85. The van der Waals surface area contributed by atoms with E-state index >= 15 is 0 Å². The Morgan fingerprint density at radius 1 is 0.944 bits per heavy atom. The molecule has 0 amide bonds. The maximum atomic E-state index is 11.2. The molecule has 0 saturated heterocycles. The number of aromatic nitrogens is 3. The topological polar surface area (TPSA) is 105 Å². The zero-order chi connectivity index (χ0) is 27.9. The Bertz CT molecular complexity index is 1180. The second kappa shape index (κ2) is 11.8. The largest absolute Gasteiger partial charge is 0.477 e. The van der Waals surface area contributed by atoms with Crippen LogP contribution < -0.4 is 9.80 Å². The number of hydrogen-bond acceptors (Lipinski definition) is 6. The van der Waals surface area contributed by atoms with Crippen molar-refractivity contribution < 1.29 is 36.6 Å². The van der Waals surface area contributed by atoms with Gasteiger partial charge in [0.05, 0.1) is 32.2 Å². The molecule has 8 nitrogen and oxygen atoms in total. The summed E-state index contributed by atoms with van der Waals surface area (Å²) < 4.78 is 55.7. The summed E-state index contributed by atoms with van der Waals surface area (Å²) in [5.41, 5.74) is 3.74. The molecule has 0 radical (unpaired) electrons. The molecule has 0 aliphatic heterocycles. The molecule has 0 fully saturated rings. The van der Waals surface area contributed by atoms with E-state index in [2.05, 4.69) is 41.4 Å². The molecule has 196 valence electrons. The monoisotopic (exact) mass is 516 g/mol. The number of carbonyl (C=O) groups excluding carboxylic acids is 1. The highest BCUT2D eigenvalue weighted by molar-refractivity contribution is 5.81. The van der Waals surface area contributed by atoms with Crippen LogP contribution >= 0.6 is 0 Å². The number of ketones is 1. The SMILES string of the molecule is CC(=O)C(F)(F)F.CC(F)(F)C(=O)O.Cc1cc(Nc2ccc3nc([N+](C)(C)C)ccc3n2)ccn1. The second-order valence-corrected chi connectivity index (χ2v) is 8.48. The molecule has 0 bridgehead atoms. The fraction of sp³-hybridized carbons (Fsp3) is 0.348. The van der Waals surface area contributed by atoms with Gasteiger partial charge < -0.3 is 10.4 Å². The molecular weight excluding hydrogens is 489 g/mol. The first kappa shape index (κ1) is 30.3. The third-order valence-corrected chi connectivity index (χ3v) is 4.16. The molecule has 0 aromatic carbocycles. The number of hydrogen-bond donors (Lipinski definition) is 2. The van der Waals surface area contributed by atoms with Gasteiger partial charge in [-0.3, -0.25) is 14.3 Å². The highest BCUT2D eigenvalue weighted by atomic mass is 19.4. The molecule has 36 heavy (non-hydrogen) atoms. The number of nitrogens with zero attached hydrogens (tertiary/aromatic N) is 4. The molecule has 0 saturated carbocycles. The van der Waals surface area contributed by atoms with Crippen molar-refractivity contribution >= 4 is 40.1 Å². The van der Waals surface area contributed by atoms with Crippen LogP contribution in [0.4, 0.5) is 39.3 Å². The van der Waals surface area contributed by atoms with Gasteiger partial charge in [-0.05, 0) is 37.3 Å². The van der Waals surface area contributed by atoms with Crippen molar-refractivity contribution in [1.82, 2.24) is 19.4 Å². The Morgan fingerprint density at radius 2 is 1.44 bits per heavy atom. The van der Waals surface area contributed by atoms with E-state index in [1.807, 2.05) is 43.3 Å². The van der Waals surface area contributed by atoms with Gasteiger partial charge in [0.25, 0.3) is 0 Å². The van der Waals surface area contributed by atoms with Crippen LogP contribution in [-0.2, 0) is 9.59 Å². The van der Waals surface area contributed by atoms with Gasteiger partial charge in [0.2, 0.25) is 11.6 Å². The molecule has 0 aliphatic carbocycles. The van der Waals surface area contributed by atoms with Gasteiger partial charge in [0, 0.05) is 37.5 Å². The van der Waals surface area contributed by atoms with E-state index in [0.29, 0.717) is 18.3 Å². The number of nitrogens with one attached hydrogen (secondary N) is 1. The second-order valence-electron chi connectivity index (χ2n) is 8.48. The van der Waals surface area contributed by atoms with Gasteiger partial charge in [-0.25, -0.2) is 9.78 Å². The maximum absolute atomic E-state index is 11.2. The van der Waals surface area contributed by atoms with E-state index in [1.165, 1.54) is 0 Å². The average Bonchev–Trinajstić information content (AvgIpc) is 2.72. The van der Waals surface area contributed by atoms with Crippen molar-refractivity contribution in [1.29, 1.82) is 0 Å². The van der Waals surface area contributed by atoms with Crippen LogP contribution in [-0.4, -0.2) is 65.1 Å². The van der Waals surface area contributed by atoms with E-state index in [1.54, 1.807) is 6.20 Å². The summed E-state index contributed by atoms with van der Waals surface area (Å²) in [5, 5.41) is 10.8. The van der Waals surface area contributed by atoms with E-state index in [9.17, 15) is 31.5 Å². The minimum atomic E-state index is -4.64. The quantitative estimate of drug-likeness (QED) is 0.366. The number of alkyl halides is 5. The molecule has 0 unspecified atom stereocenters. The van der Waals surface area contributed by atoms with E-state index in [0.717, 1.165) is 34.1 Å². The predicted octanol–water partition coefficient (Wildman–Crippen LogP) is 5.14. The van der Waals surface area contributed by atoms with Crippen LogP contribution in [0.15, 0.2) is 42.6 Å². The number of aliphatic carboxylic acids is 1. The number of rotatable bonds is 4. The maximum Gasteiger partial charge on any atom is 0.449 e. The summed E-state index contributed by atoms with van der Waals surface area (Å²) in [6.45, 7) is 2.78. The van der Waals surface area contributed by atoms with Crippen LogP contribution in [0.2, 0.25) is 0 Å². The lowest BCUT2D eigenvalue weighted by Gasteiger charge is -2.21. The van der Waals surface area contributed by atoms with Crippen molar-refractivity contribution in [2.45, 2.75) is 32.9 Å². The smallest absolute Gasteiger partial charge is 0.449 e. The van der Waals surface area contributed by atoms with Gasteiger partial charge >= 0.3 is 18.1 Å². The van der Waals surface area contributed by atoms with Crippen LogP contribution in [0.1, 0.15) is 19.5 Å². The first-order chi connectivity index (χ1) is 16.3. The van der Waals surface area contributed by atoms with Crippen molar-refractivity contribution in [3.05, 3.63) is 48.3 Å². The van der Waals surface area contributed by atoms with Crippen LogP contribution in [0.25, 0.3) is 11.0 Å². The molecule has 3 rings (SSSR count). The Balaban J connectivity index is 0.000000383. The zero-order valence-corrected chi connectivity index (χ0v) is 20.5. The lowest BCUT2D eigenvalue weighted by Crippen LogP contribution is -2.35. The van der Waals surface area contributed by atoms with Gasteiger partial charge in [0.1, 0.15) is 5.82 Å². The number of fused-ring (bicyclic) bond motifs is 1. The van der Waals surface area contributed by atoms with Crippen LogP contribution in [0.5, 0.6) is 0 Å². The Kier molecular flexibility index (Phi) is 9.93. The molecule has 0 spiro atoms. The van der Waals surface area contributed by atoms with Crippen LogP contribution in [0, 0.1) is 6.92 Å². The molecule has 3 heterocycles. The summed E-state index contributed by atoms with van der Waals surface area (Å²) in [4.78, 5) is 32.1. The van der Waals surface area contributed by atoms with Crippen molar-refractivity contribution in [2.75, 3.05) is 26.5 Å². The lowest BCUT2D eigenvalue weighted by molar-refractivity contribution is -0.168. The average molecular weight is 516 g/mol. The Morgan fingerprint density at radius 3 is 1.89 bits per heavy atom.